The third-order valence-corrected chi connectivity index (χ3v) is 4.88. The first-order valence-corrected chi connectivity index (χ1v) is 9.91. The van der Waals surface area contributed by atoms with Crippen LogP contribution < -0.4 is 10.2 Å². The van der Waals surface area contributed by atoms with Crippen LogP contribution in [-0.4, -0.2) is 67.5 Å². The zero-order chi connectivity index (χ0) is 18.1. The summed E-state index contributed by atoms with van der Waals surface area (Å²) in [6.07, 6.45) is 8.89. The average Bonchev–Trinajstić information content (AvgIpc) is 3.23. The normalized spacial score (nSPS) is 18.6. The van der Waals surface area contributed by atoms with Crippen molar-refractivity contribution in [1.29, 1.82) is 0 Å². The molecule has 0 atom stereocenters. The summed E-state index contributed by atoms with van der Waals surface area (Å²) in [5.74, 6) is -0.319. The van der Waals surface area contributed by atoms with Crippen LogP contribution in [0.4, 0.5) is 10.1 Å². The number of pyridine rings is 1. The maximum absolute atomic E-state index is 12.1. The Morgan fingerprint density at radius 2 is 1.92 bits per heavy atom. The van der Waals surface area contributed by atoms with E-state index >= 15 is 0 Å². The fourth-order valence-corrected chi connectivity index (χ4v) is 3.57. The number of halogens is 1. The molecule has 0 spiro atoms. The van der Waals surface area contributed by atoms with Gasteiger partial charge in [-0.05, 0) is 31.2 Å². The third-order valence-electron chi connectivity index (χ3n) is 4.88. The minimum absolute atomic E-state index is 0.0331. The Labute approximate surface area is 155 Å². The van der Waals surface area contributed by atoms with E-state index in [0.717, 1.165) is 37.9 Å². The Balaban J connectivity index is 0.00000109. The Morgan fingerprint density at radius 1 is 1.24 bits per heavy atom. The Bertz CT molecular complexity index is 514. The minimum atomic E-state index is -0.560. The number of hydrogen-bond acceptors (Lipinski definition) is 5. The van der Waals surface area contributed by atoms with E-state index in [1.54, 1.807) is 18.5 Å². The van der Waals surface area contributed by atoms with Gasteiger partial charge < -0.3 is 10.2 Å². The van der Waals surface area contributed by atoms with Crippen LogP contribution >= 0.6 is 12.6 Å². The van der Waals surface area contributed by atoms with Gasteiger partial charge in [0.15, 0.2) is 0 Å². The van der Waals surface area contributed by atoms with Gasteiger partial charge in [0.1, 0.15) is 12.4 Å². The molecule has 3 rings (SSSR count). The van der Waals surface area contributed by atoms with Crippen molar-refractivity contribution >= 4 is 24.2 Å². The maximum atomic E-state index is 12.1. The number of carbonyl (C=O) groups is 1. The van der Waals surface area contributed by atoms with Crippen LogP contribution in [0.2, 0.25) is 0 Å². The zero-order valence-electron chi connectivity index (χ0n) is 15.0. The van der Waals surface area contributed by atoms with Gasteiger partial charge in [-0.1, -0.05) is 12.8 Å². The molecule has 1 aromatic heterocycles. The summed E-state index contributed by atoms with van der Waals surface area (Å²) in [5.41, 5.74) is 1.39. The third kappa shape index (κ3) is 5.57. The van der Waals surface area contributed by atoms with Gasteiger partial charge in [-0.2, -0.15) is 12.6 Å². The van der Waals surface area contributed by atoms with Gasteiger partial charge in [0.2, 0.25) is 0 Å². The van der Waals surface area contributed by atoms with E-state index in [-0.39, 0.29) is 12.5 Å². The molecular formula is C18H29FN4OS. The van der Waals surface area contributed by atoms with E-state index in [1.807, 2.05) is 6.07 Å². The van der Waals surface area contributed by atoms with E-state index in [2.05, 4.69) is 32.7 Å². The summed E-state index contributed by atoms with van der Waals surface area (Å²) >= 11 is 3.53. The van der Waals surface area contributed by atoms with Crippen molar-refractivity contribution in [2.45, 2.75) is 31.7 Å². The Hall–Kier alpha value is -1.34. The van der Waals surface area contributed by atoms with Crippen molar-refractivity contribution in [3.05, 3.63) is 24.0 Å². The molecule has 0 radical (unpaired) electrons. The highest BCUT2D eigenvalue weighted by atomic mass is 32.1. The zero-order valence-corrected chi connectivity index (χ0v) is 15.8. The molecule has 0 aromatic carbocycles. The fourth-order valence-electron chi connectivity index (χ4n) is 3.57. The highest BCUT2D eigenvalue weighted by Gasteiger charge is 2.26. The molecule has 1 N–H and O–H groups in total. The van der Waals surface area contributed by atoms with E-state index in [1.165, 1.54) is 25.7 Å². The number of aromatic nitrogens is 1. The molecule has 1 saturated heterocycles. The molecule has 2 fully saturated rings. The molecule has 140 valence electrons. The van der Waals surface area contributed by atoms with Crippen LogP contribution in [0.1, 0.15) is 36.2 Å². The second-order valence-electron chi connectivity index (χ2n) is 6.31. The summed E-state index contributed by atoms with van der Waals surface area (Å²) in [4.78, 5) is 20.9. The van der Waals surface area contributed by atoms with Crippen LogP contribution in [0.3, 0.4) is 0 Å². The summed E-state index contributed by atoms with van der Waals surface area (Å²) in [6.45, 7) is 3.68. The summed E-state index contributed by atoms with van der Waals surface area (Å²) in [6, 6.07) is 4.44. The van der Waals surface area contributed by atoms with Crippen molar-refractivity contribution in [3.63, 3.8) is 0 Å². The molecule has 1 saturated carbocycles. The van der Waals surface area contributed by atoms with Crippen molar-refractivity contribution in [1.82, 2.24) is 15.2 Å². The lowest BCUT2D eigenvalue weighted by Gasteiger charge is -2.39. The quantitative estimate of drug-likeness (QED) is 0.784. The highest BCUT2D eigenvalue weighted by molar-refractivity contribution is 7.79. The number of amides is 1. The first kappa shape index (κ1) is 20.0. The summed E-state index contributed by atoms with van der Waals surface area (Å²) in [7, 11) is 0. The Kier molecular flexibility index (Phi) is 8.48. The number of anilines is 1. The van der Waals surface area contributed by atoms with Crippen LogP contribution in [0.15, 0.2) is 18.3 Å². The molecule has 1 aromatic rings. The monoisotopic (exact) mass is 368 g/mol. The lowest BCUT2D eigenvalue weighted by atomic mass is 10.1. The molecule has 2 heterocycles. The maximum Gasteiger partial charge on any atom is 0.269 e. The number of piperazine rings is 1. The fraction of sp³-hybridized carbons (Fsp3) is 0.667. The molecule has 7 heteroatoms. The van der Waals surface area contributed by atoms with E-state index in [4.69, 9.17) is 0 Å². The number of nitrogens with zero attached hydrogens (tertiary/aromatic N) is 3. The second-order valence-corrected chi connectivity index (χ2v) is 6.31. The number of hydrogen-bond donors (Lipinski definition) is 2. The molecular weight excluding hydrogens is 339 g/mol. The molecule has 2 aliphatic rings. The predicted octanol–water partition coefficient (Wildman–Crippen LogP) is 2.39. The summed E-state index contributed by atoms with van der Waals surface area (Å²) in [5, 5.41) is 2.49. The van der Waals surface area contributed by atoms with Crippen LogP contribution in [0.25, 0.3) is 0 Å². The van der Waals surface area contributed by atoms with Gasteiger partial charge in [0.25, 0.3) is 5.91 Å². The minimum Gasteiger partial charge on any atom is -0.368 e. The molecule has 5 nitrogen and oxygen atoms in total. The molecule has 0 unspecified atom stereocenters. The predicted molar refractivity (Wildman–Crippen MR) is 103 cm³/mol. The standard InChI is InChI=1S/C17H25FN4O.CH4S/c18-7-8-19-17(23)16-6-5-15(13-20-16)22-11-9-21(10-12-22)14-3-1-2-4-14;1-2/h5-6,13-14H,1-4,7-12H2,(H,19,23);2H,1H3. The van der Waals surface area contributed by atoms with Crippen LogP contribution in [0, 0.1) is 0 Å². The van der Waals surface area contributed by atoms with Gasteiger partial charge in [-0.15, -0.1) is 0 Å². The molecule has 1 amide bonds. The van der Waals surface area contributed by atoms with Crippen molar-refractivity contribution in [3.8, 4) is 0 Å². The summed E-state index contributed by atoms with van der Waals surface area (Å²) < 4.78 is 12.1. The number of carbonyl (C=O) groups excluding carboxylic acids is 1. The van der Waals surface area contributed by atoms with Gasteiger partial charge >= 0.3 is 0 Å². The number of thiol groups is 1. The molecule has 0 bridgehead atoms. The van der Waals surface area contributed by atoms with Gasteiger partial charge in [-0.25, -0.2) is 9.37 Å². The largest absolute Gasteiger partial charge is 0.368 e. The van der Waals surface area contributed by atoms with E-state index in [9.17, 15) is 9.18 Å². The Morgan fingerprint density at radius 3 is 2.48 bits per heavy atom. The molecule has 1 aliphatic heterocycles. The first-order chi connectivity index (χ1) is 12.3. The van der Waals surface area contributed by atoms with Crippen molar-refractivity contribution in [2.24, 2.45) is 0 Å². The smallest absolute Gasteiger partial charge is 0.269 e. The van der Waals surface area contributed by atoms with Gasteiger partial charge in [-0.3, -0.25) is 9.69 Å². The number of nitrogens with one attached hydrogen (secondary N) is 1. The second kappa shape index (κ2) is 10.6. The lowest BCUT2D eigenvalue weighted by Crippen LogP contribution is -2.49. The van der Waals surface area contributed by atoms with Gasteiger partial charge in [0.05, 0.1) is 11.9 Å². The highest BCUT2D eigenvalue weighted by Crippen LogP contribution is 2.25. The lowest BCUT2D eigenvalue weighted by molar-refractivity contribution is 0.0946. The molecule has 1 aliphatic carbocycles. The average molecular weight is 369 g/mol. The number of alkyl halides is 1. The SMILES string of the molecule is CS.O=C(NCCF)c1ccc(N2CCN(C3CCCC3)CC2)cn1. The van der Waals surface area contributed by atoms with Crippen molar-refractivity contribution in [2.75, 3.05) is 50.6 Å². The van der Waals surface area contributed by atoms with Crippen molar-refractivity contribution < 1.29 is 9.18 Å². The number of rotatable bonds is 5. The molecule has 25 heavy (non-hydrogen) atoms. The van der Waals surface area contributed by atoms with E-state index < -0.39 is 6.67 Å². The van der Waals surface area contributed by atoms with E-state index in [0.29, 0.717) is 5.69 Å². The van der Waals surface area contributed by atoms with Crippen LogP contribution in [-0.2, 0) is 0 Å². The first-order valence-electron chi connectivity index (χ1n) is 9.02. The van der Waals surface area contributed by atoms with Crippen LogP contribution in [0.5, 0.6) is 0 Å². The van der Waals surface area contributed by atoms with Gasteiger partial charge in [0, 0.05) is 38.8 Å². The topological polar surface area (TPSA) is 48.5 Å².